The Morgan fingerprint density at radius 1 is 1.30 bits per heavy atom. The lowest BCUT2D eigenvalue weighted by molar-refractivity contribution is 0.338. The van der Waals surface area contributed by atoms with Crippen LogP contribution in [0, 0.1) is 0 Å². The molecular formula is C18H26N4O. The molecule has 0 amide bonds. The topological polar surface area (TPSA) is 52.0 Å². The van der Waals surface area contributed by atoms with Crippen molar-refractivity contribution < 1.29 is 4.74 Å². The molecule has 1 aliphatic carbocycles. The molecule has 0 bridgehead atoms. The second-order valence-electron chi connectivity index (χ2n) is 6.59. The Bertz CT molecular complexity index is 605. The van der Waals surface area contributed by atoms with Crippen LogP contribution in [-0.4, -0.2) is 34.5 Å². The summed E-state index contributed by atoms with van der Waals surface area (Å²) in [5, 5.41) is 7.89. The van der Waals surface area contributed by atoms with Gasteiger partial charge in [0.25, 0.3) is 0 Å². The van der Waals surface area contributed by atoms with Crippen LogP contribution in [0.3, 0.4) is 0 Å². The summed E-state index contributed by atoms with van der Waals surface area (Å²) in [5.74, 6) is 1.01. The number of nitrogens with one attached hydrogen (secondary N) is 1. The molecule has 5 nitrogen and oxygen atoms in total. The second kappa shape index (κ2) is 7.13. The number of hydrogen-bond acceptors (Lipinski definition) is 4. The molecule has 0 radical (unpaired) electrons. The largest absolute Gasteiger partial charge is 0.496 e. The summed E-state index contributed by atoms with van der Waals surface area (Å²) < 4.78 is 7.50. The van der Waals surface area contributed by atoms with Gasteiger partial charge >= 0.3 is 0 Å². The van der Waals surface area contributed by atoms with Crippen LogP contribution in [0.5, 0.6) is 5.75 Å². The number of benzene rings is 1. The van der Waals surface area contributed by atoms with E-state index < -0.39 is 0 Å². The van der Waals surface area contributed by atoms with Gasteiger partial charge in [-0.3, -0.25) is 4.68 Å². The molecular weight excluding hydrogens is 288 g/mol. The summed E-state index contributed by atoms with van der Waals surface area (Å²) in [4.78, 5) is 4.00. The van der Waals surface area contributed by atoms with Gasteiger partial charge in [0.2, 0.25) is 0 Å². The highest BCUT2D eigenvalue weighted by molar-refractivity contribution is 5.40. The number of aromatic nitrogens is 3. The number of nitrogens with zero attached hydrogens (tertiary/aromatic N) is 3. The number of rotatable bonds is 7. The van der Waals surface area contributed by atoms with E-state index in [1.54, 1.807) is 19.8 Å². The quantitative estimate of drug-likeness (QED) is 0.854. The van der Waals surface area contributed by atoms with Crippen LogP contribution >= 0.6 is 0 Å². The van der Waals surface area contributed by atoms with Crippen LogP contribution in [0.25, 0.3) is 0 Å². The van der Waals surface area contributed by atoms with Gasteiger partial charge in [-0.2, -0.15) is 5.10 Å². The zero-order valence-electron chi connectivity index (χ0n) is 14.0. The summed E-state index contributed by atoms with van der Waals surface area (Å²) in [6.45, 7) is 4.01. The van der Waals surface area contributed by atoms with E-state index >= 15 is 0 Å². The van der Waals surface area contributed by atoms with Crippen LogP contribution in [-0.2, 0) is 12.0 Å². The van der Waals surface area contributed by atoms with Gasteiger partial charge in [0.05, 0.1) is 13.7 Å². The summed E-state index contributed by atoms with van der Waals surface area (Å²) in [6.07, 6.45) is 8.37. The van der Waals surface area contributed by atoms with E-state index in [1.807, 2.05) is 10.7 Å². The lowest BCUT2D eigenvalue weighted by Crippen LogP contribution is -2.41. The average Bonchev–Trinajstić information content (AvgIpc) is 3.25. The molecule has 1 N–H and O–H groups in total. The van der Waals surface area contributed by atoms with Crippen LogP contribution in [0.1, 0.15) is 38.2 Å². The molecule has 2 aromatic rings. The predicted molar refractivity (Wildman–Crippen MR) is 90.6 cm³/mol. The first-order valence-electron chi connectivity index (χ1n) is 8.43. The lowest BCUT2D eigenvalue weighted by Gasteiger charge is -2.32. The van der Waals surface area contributed by atoms with Gasteiger partial charge in [0.1, 0.15) is 18.4 Å². The van der Waals surface area contributed by atoms with E-state index in [1.165, 1.54) is 31.2 Å². The van der Waals surface area contributed by atoms with Crippen LogP contribution < -0.4 is 10.1 Å². The smallest absolute Gasteiger partial charge is 0.137 e. The van der Waals surface area contributed by atoms with E-state index in [-0.39, 0.29) is 5.41 Å². The van der Waals surface area contributed by atoms with Crippen molar-refractivity contribution in [2.45, 2.75) is 50.6 Å². The molecule has 5 heteroatoms. The molecule has 1 heterocycles. The fourth-order valence-corrected chi connectivity index (χ4v) is 3.72. The van der Waals surface area contributed by atoms with E-state index in [4.69, 9.17) is 4.74 Å². The van der Waals surface area contributed by atoms with E-state index in [2.05, 4.69) is 40.5 Å². The molecule has 1 fully saturated rings. The molecule has 0 spiro atoms. The molecule has 0 aliphatic heterocycles. The predicted octanol–water partition coefficient (Wildman–Crippen LogP) is 2.78. The first kappa shape index (κ1) is 16.0. The molecule has 3 rings (SSSR count). The third kappa shape index (κ3) is 3.55. The van der Waals surface area contributed by atoms with Crippen molar-refractivity contribution in [2.75, 3.05) is 13.7 Å². The molecule has 1 aromatic carbocycles. The molecule has 1 aromatic heterocycles. The Kier molecular flexibility index (Phi) is 4.96. The highest BCUT2D eigenvalue weighted by Crippen LogP contribution is 2.44. The molecule has 1 aliphatic rings. The molecule has 1 saturated carbocycles. The summed E-state index contributed by atoms with van der Waals surface area (Å²) >= 11 is 0. The second-order valence-corrected chi connectivity index (χ2v) is 6.59. The molecule has 0 saturated heterocycles. The zero-order chi connectivity index (χ0) is 16.1. The van der Waals surface area contributed by atoms with Crippen molar-refractivity contribution in [1.82, 2.24) is 20.1 Å². The van der Waals surface area contributed by atoms with Crippen molar-refractivity contribution in [3.63, 3.8) is 0 Å². The van der Waals surface area contributed by atoms with Crippen LogP contribution in [0.4, 0.5) is 0 Å². The number of para-hydroxylation sites is 1. The van der Waals surface area contributed by atoms with Crippen molar-refractivity contribution in [3.05, 3.63) is 42.5 Å². The van der Waals surface area contributed by atoms with Gasteiger partial charge in [-0.05, 0) is 25.8 Å². The van der Waals surface area contributed by atoms with Gasteiger partial charge in [0.15, 0.2) is 0 Å². The van der Waals surface area contributed by atoms with Crippen molar-refractivity contribution >= 4 is 0 Å². The Balaban J connectivity index is 1.71. The lowest BCUT2D eigenvalue weighted by atomic mass is 9.78. The molecule has 0 unspecified atom stereocenters. The maximum absolute atomic E-state index is 5.62. The number of hydrogen-bond donors (Lipinski definition) is 1. The Labute approximate surface area is 138 Å². The van der Waals surface area contributed by atoms with Crippen LogP contribution in [0.2, 0.25) is 0 Å². The summed E-state index contributed by atoms with van der Waals surface area (Å²) in [5.41, 5.74) is 1.53. The van der Waals surface area contributed by atoms with Crippen molar-refractivity contribution in [2.24, 2.45) is 0 Å². The number of ether oxygens (including phenoxy) is 1. The highest BCUT2D eigenvalue weighted by Gasteiger charge is 2.37. The zero-order valence-corrected chi connectivity index (χ0v) is 14.0. The summed E-state index contributed by atoms with van der Waals surface area (Å²) in [7, 11) is 1.77. The van der Waals surface area contributed by atoms with Gasteiger partial charge in [-0.25, -0.2) is 4.98 Å². The van der Waals surface area contributed by atoms with Crippen molar-refractivity contribution in [3.8, 4) is 5.75 Å². The van der Waals surface area contributed by atoms with E-state index in [9.17, 15) is 0 Å². The monoisotopic (exact) mass is 314 g/mol. The maximum Gasteiger partial charge on any atom is 0.137 e. The highest BCUT2D eigenvalue weighted by atomic mass is 16.5. The summed E-state index contributed by atoms with van der Waals surface area (Å²) in [6, 6.07) is 8.83. The minimum absolute atomic E-state index is 0.184. The minimum atomic E-state index is 0.184. The minimum Gasteiger partial charge on any atom is -0.496 e. The molecule has 1 atom stereocenters. The molecule has 124 valence electrons. The maximum atomic E-state index is 5.62. The SMILES string of the molecule is COc1ccccc1C1(CN[C@H](C)Cn2cncn2)CCCC1. The fraction of sp³-hybridized carbons (Fsp3) is 0.556. The fourth-order valence-electron chi connectivity index (χ4n) is 3.72. The first-order chi connectivity index (χ1) is 11.2. The first-order valence-corrected chi connectivity index (χ1v) is 8.43. The van der Waals surface area contributed by atoms with E-state index in [0.717, 1.165) is 18.8 Å². The Morgan fingerprint density at radius 3 is 2.78 bits per heavy atom. The van der Waals surface area contributed by atoms with Crippen LogP contribution in [0.15, 0.2) is 36.9 Å². The third-order valence-electron chi connectivity index (χ3n) is 4.96. The Hall–Kier alpha value is -1.88. The van der Waals surface area contributed by atoms with Crippen molar-refractivity contribution in [1.29, 1.82) is 0 Å². The molecule has 23 heavy (non-hydrogen) atoms. The van der Waals surface area contributed by atoms with Gasteiger partial charge in [-0.1, -0.05) is 31.0 Å². The Morgan fingerprint density at radius 2 is 2.09 bits per heavy atom. The normalized spacial score (nSPS) is 18.0. The average molecular weight is 314 g/mol. The van der Waals surface area contributed by atoms with Gasteiger partial charge in [-0.15, -0.1) is 0 Å². The van der Waals surface area contributed by atoms with E-state index in [0.29, 0.717) is 6.04 Å². The number of methoxy groups -OCH3 is 1. The standard InChI is InChI=1S/C18H26N4O/c1-15(11-22-14-19-13-21-22)20-12-18(9-5-6-10-18)16-7-3-4-8-17(16)23-2/h3-4,7-8,13-15,20H,5-6,9-12H2,1-2H3/t15-/m1/s1. The van der Waals surface area contributed by atoms with Gasteiger partial charge < -0.3 is 10.1 Å². The van der Waals surface area contributed by atoms with Gasteiger partial charge in [0, 0.05) is 23.6 Å². The third-order valence-corrected chi connectivity index (χ3v) is 4.96.